The Hall–Kier alpha value is -2.92. The van der Waals surface area contributed by atoms with Gasteiger partial charge in [-0.1, -0.05) is 84.4 Å². The lowest BCUT2D eigenvalue weighted by molar-refractivity contribution is -0.116. The van der Waals surface area contributed by atoms with E-state index in [-0.39, 0.29) is 5.91 Å². The first kappa shape index (κ1) is 34.3. The van der Waals surface area contributed by atoms with Crippen LogP contribution in [0.3, 0.4) is 0 Å². The van der Waals surface area contributed by atoms with Gasteiger partial charge in [-0.05, 0) is 73.1 Å². The average molecular weight is 563 g/mol. The minimum atomic E-state index is -0.00549. The lowest BCUT2D eigenvalue weighted by Crippen LogP contribution is -2.27. The fourth-order valence-electron chi connectivity index (χ4n) is 4.78. The van der Waals surface area contributed by atoms with Crippen LogP contribution in [0.5, 0.6) is 5.75 Å². The van der Waals surface area contributed by atoms with Crippen LogP contribution in [0.25, 0.3) is 22.0 Å². The zero-order chi connectivity index (χ0) is 30.2. The molecule has 0 spiro atoms. The van der Waals surface area contributed by atoms with E-state index in [0.29, 0.717) is 6.10 Å². The molecule has 1 aliphatic rings. The van der Waals surface area contributed by atoms with Crippen LogP contribution in [0.15, 0.2) is 48.7 Å². The van der Waals surface area contributed by atoms with Crippen LogP contribution in [-0.4, -0.2) is 37.8 Å². The second-order valence-corrected chi connectivity index (χ2v) is 11.3. The van der Waals surface area contributed by atoms with Gasteiger partial charge in [0.15, 0.2) is 0 Å². The number of methoxy groups -OCH3 is 1. The maximum Gasteiger partial charge on any atom is 0.223 e. The third-order valence-corrected chi connectivity index (χ3v) is 7.77. The highest BCUT2D eigenvalue weighted by atomic mass is 16.5. The monoisotopic (exact) mass is 562 g/mol. The normalized spacial score (nSPS) is 15.6. The summed E-state index contributed by atoms with van der Waals surface area (Å²) >= 11 is 0. The molecule has 1 amide bonds. The number of rotatable bonds is 11. The number of pyridine rings is 1. The number of aryl methyl sites for hydroxylation is 1. The Bertz CT molecular complexity index is 1170. The second-order valence-electron chi connectivity index (χ2n) is 11.3. The van der Waals surface area contributed by atoms with E-state index in [4.69, 9.17) is 9.47 Å². The lowest BCUT2D eigenvalue weighted by Gasteiger charge is -2.30. The number of ether oxygens (including phenoxy) is 2. The number of hydrogen-bond donors (Lipinski definition) is 0. The molecular weight excluding hydrogens is 508 g/mol. The van der Waals surface area contributed by atoms with E-state index >= 15 is 0 Å². The summed E-state index contributed by atoms with van der Waals surface area (Å²) in [4.78, 5) is 17.9. The highest BCUT2D eigenvalue weighted by Gasteiger charge is 2.24. The molecular formula is C36H54N2O3. The Labute approximate surface area is 249 Å². The number of nitrogens with zero attached hydrogens (tertiary/aromatic N) is 2. The molecule has 1 aromatic heterocycles. The molecule has 226 valence electrons. The Morgan fingerprint density at radius 3 is 2.05 bits per heavy atom. The molecule has 1 fully saturated rings. The fraction of sp³-hybridized carbons (Fsp3) is 0.556. The van der Waals surface area contributed by atoms with E-state index in [9.17, 15) is 4.79 Å². The van der Waals surface area contributed by atoms with Crippen molar-refractivity contribution in [1.29, 1.82) is 0 Å². The van der Waals surface area contributed by atoms with Crippen molar-refractivity contribution in [2.24, 2.45) is 5.92 Å². The number of unbranched alkanes of at least 4 members (excludes halogenated alkanes) is 5. The molecule has 0 bridgehead atoms. The maximum atomic E-state index is 11.7. The molecule has 1 saturated carbocycles. The van der Waals surface area contributed by atoms with Crippen LogP contribution in [0.2, 0.25) is 0 Å². The summed E-state index contributed by atoms with van der Waals surface area (Å²) < 4.78 is 10.8. The van der Waals surface area contributed by atoms with Gasteiger partial charge in [-0.25, -0.2) is 0 Å². The van der Waals surface area contributed by atoms with Crippen LogP contribution in [0.4, 0.5) is 5.69 Å². The van der Waals surface area contributed by atoms with Gasteiger partial charge in [0.05, 0.1) is 30.1 Å². The van der Waals surface area contributed by atoms with Crippen molar-refractivity contribution < 1.29 is 14.3 Å². The summed E-state index contributed by atoms with van der Waals surface area (Å²) in [6.07, 6.45) is 14.1. The zero-order valence-corrected chi connectivity index (χ0v) is 27.0. The fourth-order valence-corrected chi connectivity index (χ4v) is 4.78. The minimum absolute atomic E-state index is 0.00549. The summed E-state index contributed by atoms with van der Waals surface area (Å²) in [5.41, 5.74) is 5.07. The van der Waals surface area contributed by atoms with Gasteiger partial charge in [-0.15, -0.1) is 0 Å². The number of amides is 1. The molecule has 5 heteroatoms. The van der Waals surface area contributed by atoms with Crippen LogP contribution in [-0.2, 0) is 9.53 Å². The number of anilines is 1. The molecule has 41 heavy (non-hydrogen) atoms. The van der Waals surface area contributed by atoms with Gasteiger partial charge in [0.2, 0.25) is 5.91 Å². The van der Waals surface area contributed by atoms with Crippen LogP contribution >= 0.6 is 0 Å². The second kappa shape index (κ2) is 18.5. The molecule has 0 N–H and O–H groups in total. The number of benzene rings is 2. The molecule has 0 unspecified atom stereocenters. The van der Waals surface area contributed by atoms with Crippen molar-refractivity contribution >= 4 is 22.5 Å². The van der Waals surface area contributed by atoms with E-state index in [1.54, 1.807) is 32.2 Å². The third-order valence-electron chi connectivity index (χ3n) is 7.77. The molecule has 0 aliphatic heterocycles. The van der Waals surface area contributed by atoms with Crippen molar-refractivity contribution in [3.8, 4) is 16.9 Å². The maximum absolute atomic E-state index is 11.7. The number of aromatic nitrogens is 1. The lowest BCUT2D eigenvalue weighted by atomic mass is 9.84. The standard InChI is InChI=1S/C23H26N2O2.C7H16.C6H12O/c1-5-6-13-27-20-10-7-18(8-11-20)19-9-12-22-21(14-19)16(2)23(15-24-22)25(4)17(3)26;1-3-5-7-6-4-2;1-5-3-6(4-5)7-2/h7-12,14-15H,5-6,13H2,1-4H3;3-7H2,1-2H3;5-6H,3-4H2,1-2H3. The molecule has 2 aromatic carbocycles. The molecule has 1 aliphatic carbocycles. The predicted molar refractivity (Wildman–Crippen MR) is 175 cm³/mol. The summed E-state index contributed by atoms with van der Waals surface area (Å²) in [5, 5.41) is 1.06. The van der Waals surface area contributed by atoms with Crippen molar-refractivity contribution in [3.63, 3.8) is 0 Å². The quantitative estimate of drug-likeness (QED) is 0.218. The van der Waals surface area contributed by atoms with Crippen molar-refractivity contribution in [2.45, 2.75) is 105 Å². The SMILES string of the molecule is CCCCCCC.CCCCOc1ccc(-c2ccc3ncc(N(C)C(C)=O)c(C)c3c2)cc1.COC1CC(C)C1. The first-order chi connectivity index (χ1) is 19.7. The number of hydrogen-bond acceptors (Lipinski definition) is 4. The van der Waals surface area contributed by atoms with E-state index in [1.165, 1.54) is 44.9 Å². The molecule has 0 atom stereocenters. The Balaban J connectivity index is 0.000000344. The Kier molecular flexibility index (Phi) is 15.5. The van der Waals surface area contributed by atoms with Crippen LogP contribution < -0.4 is 9.64 Å². The molecule has 0 saturated heterocycles. The van der Waals surface area contributed by atoms with Gasteiger partial charge in [-0.3, -0.25) is 9.78 Å². The van der Waals surface area contributed by atoms with Crippen molar-refractivity contribution in [2.75, 3.05) is 25.7 Å². The Morgan fingerprint density at radius 1 is 0.927 bits per heavy atom. The molecule has 4 rings (SSSR count). The van der Waals surface area contributed by atoms with Crippen molar-refractivity contribution in [3.05, 3.63) is 54.2 Å². The largest absolute Gasteiger partial charge is 0.494 e. The minimum Gasteiger partial charge on any atom is -0.494 e. The van der Waals surface area contributed by atoms with Gasteiger partial charge < -0.3 is 14.4 Å². The van der Waals surface area contributed by atoms with E-state index < -0.39 is 0 Å². The van der Waals surface area contributed by atoms with Gasteiger partial charge in [-0.2, -0.15) is 0 Å². The van der Waals surface area contributed by atoms with Gasteiger partial charge in [0.25, 0.3) is 0 Å². The number of carbonyl (C=O) groups is 1. The smallest absolute Gasteiger partial charge is 0.223 e. The summed E-state index contributed by atoms with van der Waals surface area (Å²) in [7, 11) is 3.57. The van der Waals surface area contributed by atoms with Crippen LogP contribution in [0.1, 0.15) is 98.0 Å². The summed E-state index contributed by atoms with van der Waals surface area (Å²) in [5.74, 6) is 1.82. The van der Waals surface area contributed by atoms with E-state index in [2.05, 4.69) is 56.9 Å². The predicted octanol–water partition coefficient (Wildman–Crippen LogP) is 9.78. The molecule has 5 nitrogen and oxygen atoms in total. The first-order valence-corrected chi connectivity index (χ1v) is 15.6. The summed E-state index contributed by atoms with van der Waals surface area (Å²) in [6, 6.07) is 14.4. The van der Waals surface area contributed by atoms with E-state index in [0.717, 1.165) is 64.4 Å². The zero-order valence-electron chi connectivity index (χ0n) is 27.0. The number of fused-ring (bicyclic) bond motifs is 1. The van der Waals surface area contributed by atoms with Crippen LogP contribution in [0, 0.1) is 12.8 Å². The average Bonchev–Trinajstić information content (AvgIpc) is 2.97. The summed E-state index contributed by atoms with van der Waals surface area (Å²) in [6.45, 7) is 13.3. The highest BCUT2D eigenvalue weighted by molar-refractivity contribution is 5.96. The van der Waals surface area contributed by atoms with Gasteiger partial charge >= 0.3 is 0 Å². The molecule has 3 aromatic rings. The van der Waals surface area contributed by atoms with Gasteiger partial charge in [0.1, 0.15) is 5.75 Å². The molecule has 0 radical (unpaired) electrons. The van der Waals surface area contributed by atoms with E-state index in [1.807, 2.05) is 25.1 Å². The third kappa shape index (κ3) is 11.1. The van der Waals surface area contributed by atoms with Crippen molar-refractivity contribution in [1.82, 2.24) is 4.98 Å². The van der Waals surface area contributed by atoms with Gasteiger partial charge in [0, 0.05) is 26.5 Å². The number of carbonyl (C=O) groups excluding carboxylic acids is 1. The Morgan fingerprint density at radius 2 is 1.54 bits per heavy atom. The molecule has 1 heterocycles. The first-order valence-electron chi connectivity index (χ1n) is 15.6. The highest BCUT2D eigenvalue weighted by Crippen LogP contribution is 2.31. The topological polar surface area (TPSA) is 51.7 Å².